The van der Waals surface area contributed by atoms with E-state index in [2.05, 4.69) is 10.3 Å². The first-order valence-corrected chi connectivity index (χ1v) is 8.20. The number of carbonyl (C=O) groups excluding carboxylic acids is 1. The van der Waals surface area contributed by atoms with Crippen molar-refractivity contribution in [1.29, 1.82) is 0 Å². The fraction of sp³-hybridized carbons (Fsp3) is 0.444. The number of nitrogens with one attached hydrogen (secondary N) is 1. The second-order valence-corrected chi connectivity index (χ2v) is 6.15. The number of anilines is 1. The van der Waals surface area contributed by atoms with E-state index < -0.39 is 0 Å². The van der Waals surface area contributed by atoms with Gasteiger partial charge in [0.1, 0.15) is 11.3 Å². The number of nitrogens with zero attached hydrogens (tertiary/aromatic N) is 2. The number of aromatic nitrogens is 1. The standard InChI is InChI=1S/C18H23N3O3/c1-21(11-13-5-4-8-24-12-13)18(22)20-15-9-14-6-3-7-19-17(14)16(10-15)23-2/h3,6-7,9-10,13H,4-5,8,11-12H2,1-2H3,(H,20,22)/t13-/m1/s1. The number of amides is 2. The molecule has 128 valence electrons. The van der Waals surface area contributed by atoms with Crippen LogP contribution in [0.1, 0.15) is 12.8 Å². The summed E-state index contributed by atoms with van der Waals surface area (Å²) in [5.41, 5.74) is 1.48. The second-order valence-electron chi connectivity index (χ2n) is 6.15. The highest BCUT2D eigenvalue weighted by Crippen LogP contribution is 2.28. The number of hydrogen-bond donors (Lipinski definition) is 1. The van der Waals surface area contributed by atoms with Crippen LogP contribution in [0.4, 0.5) is 10.5 Å². The first-order valence-electron chi connectivity index (χ1n) is 8.20. The summed E-state index contributed by atoms with van der Waals surface area (Å²) in [6.45, 7) is 2.25. The number of carbonyl (C=O) groups is 1. The molecule has 1 aliphatic heterocycles. The Labute approximate surface area is 141 Å². The summed E-state index contributed by atoms with van der Waals surface area (Å²) in [6, 6.07) is 7.38. The highest BCUT2D eigenvalue weighted by atomic mass is 16.5. The molecule has 1 aliphatic rings. The molecule has 1 atom stereocenters. The Morgan fingerprint density at radius 1 is 1.50 bits per heavy atom. The monoisotopic (exact) mass is 329 g/mol. The number of rotatable bonds is 4. The molecule has 3 rings (SSSR count). The third-order valence-corrected chi connectivity index (χ3v) is 4.27. The zero-order chi connectivity index (χ0) is 16.9. The molecule has 0 bridgehead atoms. The van der Waals surface area contributed by atoms with Crippen LogP contribution in [0, 0.1) is 5.92 Å². The molecule has 1 N–H and O–H groups in total. The SMILES string of the molecule is COc1cc(NC(=O)N(C)C[C@H]2CCCOC2)cc2cccnc12. The van der Waals surface area contributed by atoms with Gasteiger partial charge < -0.3 is 19.7 Å². The Morgan fingerprint density at radius 3 is 3.12 bits per heavy atom. The molecule has 1 saturated heterocycles. The lowest BCUT2D eigenvalue weighted by Crippen LogP contribution is -2.37. The highest BCUT2D eigenvalue weighted by molar-refractivity contribution is 5.94. The van der Waals surface area contributed by atoms with Gasteiger partial charge in [-0.2, -0.15) is 0 Å². The molecular formula is C18H23N3O3. The molecular weight excluding hydrogens is 306 g/mol. The summed E-state index contributed by atoms with van der Waals surface area (Å²) < 4.78 is 10.9. The van der Waals surface area contributed by atoms with E-state index in [0.29, 0.717) is 23.9 Å². The first-order chi connectivity index (χ1) is 11.7. The number of pyridine rings is 1. The van der Waals surface area contributed by atoms with E-state index in [1.807, 2.05) is 25.2 Å². The van der Waals surface area contributed by atoms with Crippen LogP contribution in [0.25, 0.3) is 10.9 Å². The fourth-order valence-electron chi connectivity index (χ4n) is 3.03. The molecule has 2 heterocycles. The van der Waals surface area contributed by atoms with Crippen LogP contribution < -0.4 is 10.1 Å². The topological polar surface area (TPSA) is 63.7 Å². The lowest BCUT2D eigenvalue weighted by molar-refractivity contribution is 0.0464. The minimum absolute atomic E-state index is 0.133. The normalized spacial score (nSPS) is 17.5. The quantitative estimate of drug-likeness (QED) is 0.936. The fourth-order valence-corrected chi connectivity index (χ4v) is 3.03. The summed E-state index contributed by atoms with van der Waals surface area (Å²) in [4.78, 5) is 18.5. The van der Waals surface area contributed by atoms with Gasteiger partial charge >= 0.3 is 6.03 Å². The third-order valence-electron chi connectivity index (χ3n) is 4.27. The number of methoxy groups -OCH3 is 1. The smallest absolute Gasteiger partial charge is 0.321 e. The minimum Gasteiger partial charge on any atom is -0.494 e. The molecule has 0 aliphatic carbocycles. The van der Waals surface area contributed by atoms with Crippen molar-refractivity contribution < 1.29 is 14.3 Å². The molecule has 24 heavy (non-hydrogen) atoms. The maximum absolute atomic E-state index is 12.4. The van der Waals surface area contributed by atoms with E-state index in [4.69, 9.17) is 9.47 Å². The van der Waals surface area contributed by atoms with Crippen molar-refractivity contribution in [3.8, 4) is 5.75 Å². The van der Waals surface area contributed by atoms with E-state index in [1.54, 1.807) is 24.3 Å². The number of hydrogen-bond acceptors (Lipinski definition) is 4. The molecule has 0 radical (unpaired) electrons. The van der Waals surface area contributed by atoms with E-state index in [1.165, 1.54) is 0 Å². The maximum atomic E-state index is 12.4. The number of fused-ring (bicyclic) bond motifs is 1. The van der Waals surface area contributed by atoms with Gasteiger partial charge in [-0.3, -0.25) is 4.98 Å². The first kappa shape index (κ1) is 16.5. The predicted octanol–water partition coefficient (Wildman–Crippen LogP) is 3.13. The van der Waals surface area contributed by atoms with Gasteiger partial charge in [-0.05, 0) is 25.0 Å². The zero-order valence-electron chi connectivity index (χ0n) is 14.1. The van der Waals surface area contributed by atoms with Crippen LogP contribution in [0.15, 0.2) is 30.5 Å². The van der Waals surface area contributed by atoms with E-state index in [9.17, 15) is 4.79 Å². The van der Waals surface area contributed by atoms with E-state index in [-0.39, 0.29) is 6.03 Å². The van der Waals surface area contributed by atoms with Gasteiger partial charge in [0.15, 0.2) is 0 Å². The minimum atomic E-state index is -0.133. The van der Waals surface area contributed by atoms with E-state index >= 15 is 0 Å². The van der Waals surface area contributed by atoms with Gasteiger partial charge in [0.25, 0.3) is 0 Å². The van der Waals surface area contributed by atoms with E-state index in [0.717, 1.165) is 37.0 Å². The molecule has 1 aromatic heterocycles. The molecule has 0 saturated carbocycles. The van der Waals surface area contributed by atoms with Gasteiger partial charge in [0.05, 0.1) is 13.7 Å². The Balaban J connectivity index is 1.70. The van der Waals surface area contributed by atoms with Crippen molar-refractivity contribution in [2.24, 2.45) is 5.92 Å². The summed E-state index contributed by atoms with van der Waals surface area (Å²) >= 11 is 0. The van der Waals surface area contributed by atoms with Gasteiger partial charge in [0.2, 0.25) is 0 Å². The molecule has 2 aromatic rings. The molecule has 0 unspecified atom stereocenters. The Morgan fingerprint density at radius 2 is 2.38 bits per heavy atom. The van der Waals surface area contributed by atoms with Crippen LogP contribution in [-0.4, -0.2) is 49.8 Å². The Bertz CT molecular complexity index is 714. The number of ether oxygens (including phenoxy) is 2. The average molecular weight is 329 g/mol. The van der Waals surface area contributed by atoms with Crippen LogP contribution in [0.2, 0.25) is 0 Å². The summed E-state index contributed by atoms with van der Waals surface area (Å²) in [6.07, 6.45) is 3.89. The van der Waals surface area contributed by atoms with Crippen LogP contribution in [0.3, 0.4) is 0 Å². The summed E-state index contributed by atoms with van der Waals surface area (Å²) in [7, 11) is 3.41. The highest BCUT2D eigenvalue weighted by Gasteiger charge is 2.19. The Hall–Kier alpha value is -2.34. The van der Waals surface area contributed by atoms with Crippen LogP contribution >= 0.6 is 0 Å². The summed E-state index contributed by atoms with van der Waals surface area (Å²) in [5, 5.41) is 3.86. The zero-order valence-corrected chi connectivity index (χ0v) is 14.1. The lowest BCUT2D eigenvalue weighted by Gasteiger charge is -2.27. The average Bonchev–Trinajstić information content (AvgIpc) is 2.61. The molecule has 6 nitrogen and oxygen atoms in total. The van der Waals surface area contributed by atoms with Gasteiger partial charge in [-0.1, -0.05) is 6.07 Å². The number of benzene rings is 1. The van der Waals surface area contributed by atoms with Crippen LogP contribution in [-0.2, 0) is 4.74 Å². The van der Waals surface area contributed by atoms with Crippen LogP contribution in [0.5, 0.6) is 5.75 Å². The van der Waals surface area contributed by atoms with Gasteiger partial charge in [-0.25, -0.2) is 4.79 Å². The maximum Gasteiger partial charge on any atom is 0.321 e. The summed E-state index contributed by atoms with van der Waals surface area (Å²) in [5.74, 6) is 1.05. The van der Waals surface area contributed by atoms with Crippen molar-refractivity contribution in [3.63, 3.8) is 0 Å². The van der Waals surface area contributed by atoms with Crippen molar-refractivity contribution in [3.05, 3.63) is 30.5 Å². The molecule has 6 heteroatoms. The second kappa shape index (κ2) is 7.49. The van der Waals surface area contributed by atoms with Crippen molar-refractivity contribution in [2.75, 3.05) is 39.2 Å². The molecule has 1 fully saturated rings. The van der Waals surface area contributed by atoms with Crippen molar-refractivity contribution in [2.45, 2.75) is 12.8 Å². The molecule has 0 spiro atoms. The Kier molecular flexibility index (Phi) is 5.15. The predicted molar refractivity (Wildman–Crippen MR) is 93.5 cm³/mol. The van der Waals surface area contributed by atoms with Crippen molar-refractivity contribution in [1.82, 2.24) is 9.88 Å². The lowest BCUT2D eigenvalue weighted by atomic mass is 10.0. The van der Waals surface area contributed by atoms with Gasteiger partial charge in [-0.15, -0.1) is 0 Å². The molecule has 1 aromatic carbocycles. The van der Waals surface area contributed by atoms with Gasteiger partial charge in [0, 0.05) is 49.5 Å². The van der Waals surface area contributed by atoms with Crippen molar-refractivity contribution >= 4 is 22.6 Å². The number of urea groups is 1. The third kappa shape index (κ3) is 3.76. The largest absolute Gasteiger partial charge is 0.494 e. The molecule has 2 amide bonds.